The fourth-order valence-electron chi connectivity index (χ4n) is 4.59. The number of aryl methyl sites for hydroxylation is 2. The van der Waals surface area contributed by atoms with Gasteiger partial charge in [0.15, 0.2) is 11.0 Å². The maximum Gasteiger partial charge on any atom is 0.573 e. The molecule has 4 aromatic rings. The van der Waals surface area contributed by atoms with E-state index in [1.54, 1.807) is 0 Å². The lowest BCUT2D eigenvalue weighted by Gasteiger charge is -2.20. The normalized spacial score (nSPS) is 15.2. The van der Waals surface area contributed by atoms with Crippen LogP contribution in [0.25, 0.3) is 17.1 Å². The molecule has 1 aliphatic heterocycles. The molecule has 0 aliphatic carbocycles. The van der Waals surface area contributed by atoms with Crippen LogP contribution in [0.5, 0.6) is 5.75 Å². The van der Waals surface area contributed by atoms with Crippen molar-refractivity contribution >= 4 is 34.6 Å². The van der Waals surface area contributed by atoms with Gasteiger partial charge < -0.3 is 10.1 Å². The smallest absolute Gasteiger partial charge is 0.406 e. The van der Waals surface area contributed by atoms with Crippen LogP contribution in [0.15, 0.2) is 78.0 Å². The minimum absolute atomic E-state index is 0.0336. The van der Waals surface area contributed by atoms with E-state index in [-0.39, 0.29) is 23.3 Å². The van der Waals surface area contributed by atoms with Gasteiger partial charge in [0.25, 0.3) is 0 Å². The van der Waals surface area contributed by atoms with Crippen LogP contribution in [-0.4, -0.2) is 50.5 Å². The molecule has 222 valence electrons. The lowest BCUT2D eigenvalue weighted by molar-refractivity contribution is -0.274. The van der Waals surface area contributed by atoms with Crippen molar-refractivity contribution < 1.29 is 27.5 Å². The number of benzene rings is 3. The number of thioether (sulfide) groups is 1. The fourth-order valence-corrected chi connectivity index (χ4v) is 5.44. The Kier molecular flexibility index (Phi) is 8.53. The number of carbonyl (C=O) groups is 2. The molecule has 1 fully saturated rings. The van der Waals surface area contributed by atoms with Gasteiger partial charge in [-0.3, -0.25) is 9.69 Å². The number of rotatable bonds is 7. The van der Waals surface area contributed by atoms with E-state index in [2.05, 4.69) is 25.1 Å². The molecular weight excluding hydrogens is 581 g/mol. The summed E-state index contributed by atoms with van der Waals surface area (Å²) in [4.78, 5) is 35.3. The van der Waals surface area contributed by atoms with Gasteiger partial charge in [-0.15, -0.1) is 18.3 Å². The van der Waals surface area contributed by atoms with Crippen LogP contribution in [0.3, 0.4) is 0 Å². The molecule has 3 aromatic carbocycles. The lowest BCUT2D eigenvalue weighted by Crippen LogP contribution is -2.33. The van der Waals surface area contributed by atoms with Crippen molar-refractivity contribution in [1.82, 2.24) is 20.1 Å². The topological polar surface area (TPSA) is 102 Å². The number of carbonyl (C=O) groups excluding carboxylic acids is 2. The number of hydrogen-bond donors (Lipinski definition) is 1. The zero-order chi connectivity index (χ0) is 30.7. The quantitative estimate of drug-likeness (QED) is 0.261. The highest BCUT2D eigenvalue weighted by molar-refractivity contribution is 8.15. The van der Waals surface area contributed by atoms with Crippen LogP contribution < -0.4 is 15.0 Å². The molecule has 0 spiro atoms. The molecule has 13 heteroatoms. The summed E-state index contributed by atoms with van der Waals surface area (Å²) >= 11 is 1.24. The predicted molar refractivity (Wildman–Crippen MR) is 159 cm³/mol. The number of nitrogens with one attached hydrogen (secondary N) is 1. The number of amidine groups is 1. The fraction of sp³-hybridized carbons (Fsp3) is 0.233. The third-order valence-corrected chi connectivity index (χ3v) is 7.67. The van der Waals surface area contributed by atoms with Crippen molar-refractivity contribution in [3.05, 3.63) is 89.7 Å². The zero-order valence-corrected chi connectivity index (χ0v) is 24.2. The second-order valence-electron chi connectivity index (χ2n) is 9.92. The van der Waals surface area contributed by atoms with E-state index in [4.69, 9.17) is 0 Å². The van der Waals surface area contributed by atoms with E-state index >= 15 is 0 Å². The monoisotopic (exact) mass is 608 g/mol. The SMILES string of the molecule is Cc1cccc(C)c1N1C(=O)CSC1=NC(=O)NCC(C)c1ccc(-c2ncn(-c3ccc(OC(F)(F)F)cc3)n2)cc1. The van der Waals surface area contributed by atoms with Gasteiger partial charge in [0, 0.05) is 12.1 Å². The van der Waals surface area contributed by atoms with Gasteiger partial charge in [0.1, 0.15) is 12.1 Å². The molecule has 1 unspecified atom stereocenters. The summed E-state index contributed by atoms with van der Waals surface area (Å²) < 4.78 is 42.6. The molecule has 1 N–H and O–H groups in total. The first-order chi connectivity index (χ1) is 20.5. The number of hydrogen-bond acceptors (Lipinski definition) is 6. The Bertz CT molecular complexity index is 1650. The van der Waals surface area contributed by atoms with Gasteiger partial charge in [-0.1, -0.05) is 61.2 Å². The predicted octanol–water partition coefficient (Wildman–Crippen LogP) is 6.40. The first-order valence-corrected chi connectivity index (χ1v) is 14.2. The Morgan fingerprint density at radius 2 is 1.74 bits per heavy atom. The molecule has 0 bridgehead atoms. The molecule has 0 radical (unpaired) electrons. The number of halogens is 3. The Morgan fingerprint density at radius 3 is 2.40 bits per heavy atom. The van der Waals surface area contributed by atoms with E-state index in [1.165, 1.54) is 51.9 Å². The Labute approximate surface area is 249 Å². The number of amides is 3. The first kappa shape index (κ1) is 29.8. The number of anilines is 1. The van der Waals surface area contributed by atoms with Crippen LogP contribution >= 0.6 is 11.8 Å². The summed E-state index contributed by atoms with van der Waals surface area (Å²) in [6.45, 7) is 6.14. The Hall–Kier alpha value is -4.65. The van der Waals surface area contributed by atoms with Gasteiger partial charge in [0.2, 0.25) is 5.91 Å². The van der Waals surface area contributed by atoms with Crippen molar-refractivity contribution in [3.63, 3.8) is 0 Å². The summed E-state index contributed by atoms with van der Waals surface area (Å²) in [5.41, 5.74) is 4.85. The highest BCUT2D eigenvalue weighted by Gasteiger charge is 2.32. The summed E-state index contributed by atoms with van der Waals surface area (Å²) in [6, 6.07) is 18.1. The average Bonchev–Trinajstić information content (AvgIpc) is 3.59. The molecule has 1 aromatic heterocycles. The van der Waals surface area contributed by atoms with E-state index in [1.807, 2.05) is 63.2 Å². The van der Waals surface area contributed by atoms with Crippen molar-refractivity contribution in [2.45, 2.75) is 33.1 Å². The third kappa shape index (κ3) is 7.05. The Morgan fingerprint density at radius 1 is 1.07 bits per heavy atom. The van der Waals surface area contributed by atoms with Crippen LogP contribution in [0.1, 0.15) is 29.5 Å². The number of urea groups is 1. The molecule has 1 saturated heterocycles. The van der Waals surface area contributed by atoms with Crippen molar-refractivity contribution in [2.75, 3.05) is 17.2 Å². The number of aliphatic imine (C=N–C) groups is 1. The van der Waals surface area contributed by atoms with Gasteiger partial charge in [-0.05, 0) is 60.7 Å². The molecular formula is C30H27F3N6O3S. The zero-order valence-electron chi connectivity index (χ0n) is 23.4. The maximum absolute atomic E-state index is 12.7. The second kappa shape index (κ2) is 12.3. The molecule has 43 heavy (non-hydrogen) atoms. The van der Waals surface area contributed by atoms with Gasteiger partial charge >= 0.3 is 12.4 Å². The average molecular weight is 609 g/mol. The minimum atomic E-state index is -4.76. The Balaban J connectivity index is 1.20. The number of alkyl halides is 3. The number of para-hydroxylation sites is 1. The molecule has 5 rings (SSSR count). The molecule has 1 atom stereocenters. The van der Waals surface area contributed by atoms with Crippen molar-refractivity contribution in [3.8, 4) is 22.8 Å². The second-order valence-corrected chi connectivity index (χ2v) is 10.9. The summed E-state index contributed by atoms with van der Waals surface area (Å²) in [5, 5.41) is 7.61. The molecule has 0 saturated carbocycles. The third-order valence-electron chi connectivity index (χ3n) is 6.75. The van der Waals surface area contributed by atoms with E-state index in [0.29, 0.717) is 23.2 Å². The molecule has 2 heterocycles. The summed E-state index contributed by atoms with van der Waals surface area (Å²) in [7, 11) is 0. The maximum atomic E-state index is 12.7. The minimum Gasteiger partial charge on any atom is -0.406 e. The van der Waals surface area contributed by atoms with Crippen LogP contribution in [0.2, 0.25) is 0 Å². The van der Waals surface area contributed by atoms with Crippen LogP contribution in [0, 0.1) is 13.8 Å². The standard InChI is InChI=1S/C30H27F3N6O3S/c1-18-5-4-6-19(2)26(18)39-25(40)16-43-29(39)36-28(41)34-15-20(3)21-7-9-22(10-8-21)27-35-17-38(37-27)23-11-13-24(14-12-23)42-30(31,32)33/h4-14,17,20H,15-16H2,1-3H3,(H,34,41). The number of nitrogens with zero attached hydrogens (tertiary/aromatic N) is 5. The van der Waals surface area contributed by atoms with Crippen LogP contribution in [-0.2, 0) is 4.79 Å². The summed E-state index contributed by atoms with van der Waals surface area (Å²) in [5.74, 6) is 0.190. The van der Waals surface area contributed by atoms with Crippen molar-refractivity contribution in [1.29, 1.82) is 0 Å². The van der Waals surface area contributed by atoms with E-state index < -0.39 is 12.4 Å². The van der Waals surface area contributed by atoms with E-state index in [9.17, 15) is 22.8 Å². The van der Waals surface area contributed by atoms with Crippen molar-refractivity contribution in [2.24, 2.45) is 4.99 Å². The number of aromatic nitrogens is 3. The highest BCUT2D eigenvalue weighted by atomic mass is 32.2. The van der Waals surface area contributed by atoms with E-state index in [0.717, 1.165) is 27.9 Å². The van der Waals surface area contributed by atoms with Gasteiger partial charge in [-0.2, -0.15) is 4.99 Å². The lowest BCUT2D eigenvalue weighted by atomic mass is 10.00. The number of ether oxygens (including phenoxy) is 1. The molecule has 9 nitrogen and oxygen atoms in total. The first-order valence-electron chi connectivity index (χ1n) is 13.2. The van der Waals surface area contributed by atoms with Crippen LogP contribution in [0.4, 0.5) is 23.7 Å². The molecule has 3 amide bonds. The summed E-state index contributed by atoms with van der Waals surface area (Å²) in [6.07, 6.45) is -3.29. The molecule has 1 aliphatic rings. The largest absolute Gasteiger partial charge is 0.573 e. The van der Waals surface area contributed by atoms with Gasteiger partial charge in [0.05, 0.1) is 17.1 Å². The highest BCUT2D eigenvalue weighted by Crippen LogP contribution is 2.32. The van der Waals surface area contributed by atoms with Gasteiger partial charge in [-0.25, -0.2) is 14.5 Å².